The Morgan fingerprint density at radius 2 is 2.33 bits per heavy atom. The van der Waals surface area contributed by atoms with Crippen LogP contribution in [0.4, 0.5) is 0 Å². The number of carbonyl (C=O) groups excluding carboxylic acids is 1. The lowest BCUT2D eigenvalue weighted by atomic mass is 10.1. The summed E-state index contributed by atoms with van der Waals surface area (Å²) in [5.41, 5.74) is 0. The maximum atomic E-state index is 11.0. The minimum atomic E-state index is 0.421. The van der Waals surface area contributed by atoms with E-state index in [9.17, 15) is 4.79 Å². The van der Waals surface area contributed by atoms with Gasteiger partial charge in [-0.05, 0) is 34.5 Å². The Labute approximate surface area is 83.9 Å². The molecule has 0 aliphatic heterocycles. The SMILES string of the molecule is O=C1CCC(c2ccc(Br)s2)C1. The van der Waals surface area contributed by atoms with Crippen molar-refractivity contribution >= 4 is 33.0 Å². The summed E-state index contributed by atoms with van der Waals surface area (Å²) in [4.78, 5) is 12.4. The fraction of sp³-hybridized carbons (Fsp3) is 0.444. The summed E-state index contributed by atoms with van der Waals surface area (Å²) in [6.07, 6.45) is 2.58. The van der Waals surface area contributed by atoms with Gasteiger partial charge in [-0.3, -0.25) is 4.79 Å². The maximum absolute atomic E-state index is 11.0. The molecule has 12 heavy (non-hydrogen) atoms. The van der Waals surface area contributed by atoms with E-state index in [0.717, 1.165) is 23.0 Å². The van der Waals surface area contributed by atoms with Crippen molar-refractivity contribution in [1.82, 2.24) is 0 Å². The van der Waals surface area contributed by atoms with Gasteiger partial charge >= 0.3 is 0 Å². The molecule has 1 aliphatic rings. The molecule has 0 amide bonds. The van der Waals surface area contributed by atoms with Crippen molar-refractivity contribution in [3.63, 3.8) is 0 Å². The molecule has 0 aromatic carbocycles. The Balaban J connectivity index is 2.15. The van der Waals surface area contributed by atoms with Crippen LogP contribution in [0.3, 0.4) is 0 Å². The summed E-state index contributed by atoms with van der Waals surface area (Å²) in [7, 11) is 0. The van der Waals surface area contributed by atoms with Crippen molar-refractivity contribution in [1.29, 1.82) is 0 Å². The summed E-state index contributed by atoms with van der Waals surface area (Å²) in [6.45, 7) is 0. The van der Waals surface area contributed by atoms with Crippen molar-refractivity contribution in [2.24, 2.45) is 0 Å². The molecule has 1 unspecified atom stereocenters. The first-order valence-corrected chi connectivity index (χ1v) is 5.63. The van der Waals surface area contributed by atoms with Crippen LogP contribution in [0.1, 0.15) is 30.1 Å². The quantitative estimate of drug-likeness (QED) is 0.741. The smallest absolute Gasteiger partial charge is 0.133 e. The van der Waals surface area contributed by atoms with Gasteiger partial charge in [-0.2, -0.15) is 0 Å². The molecule has 0 N–H and O–H groups in total. The number of ketones is 1. The summed E-state index contributed by atoms with van der Waals surface area (Å²) in [5, 5.41) is 0. The van der Waals surface area contributed by atoms with E-state index in [1.807, 2.05) is 0 Å². The van der Waals surface area contributed by atoms with E-state index in [2.05, 4.69) is 28.1 Å². The Morgan fingerprint density at radius 3 is 2.83 bits per heavy atom. The fourth-order valence-corrected chi connectivity index (χ4v) is 3.16. The van der Waals surface area contributed by atoms with Crippen LogP contribution in [-0.4, -0.2) is 5.78 Å². The monoisotopic (exact) mass is 244 g/mol. The van der Waals surface area contributed by atoms with E-state index >= 15 is 0 Å². The average Bonchev–Trinajstić information content (AvgIpc) is 2.58. The largest absolute Gasteiger partial charge is 0.300 e. The summed E-state index contributed by atoms with van der Waals surface area (Å²) in [5.74, 6) is 0.929. The lowest BCUT2D eigenvalue weighted by Crippen LogP contribution is -1.90. The van der Waals surface area contributed by atoms with Crippen LogP contribution in [0.5, 0.6) is 0 Å². The van der Waals surface area contributed by atoms with Crippen molar-refractivity contribution in [3.8, 4) is 0 Å². The van der Waals surface area contributed by atoms with Gasteiger partial charge in [-0.25, -0.2) is 0 Å². The van der Waals surface area contributed by atoms with E-state index in [-0.39, 0.29) is 0 Å². The zero-order chi connectivity index (χ0) is 8.55. The predicted octanol–water partition coefficient (Wildman–Crippen LogP) is 3.35. The van der Waals surface area contributed by atoms with Crippen LogP contribution in [0.15, 0.2) is 15.9 Å². The molecule has 1 saturated carbocycles. The molecule has 1 aromatic rings. The van der Waals surface area contributed by atoms with E-state index < -0.39 is 0 Å². The molecule has 1 atom stereocenters. The Bertz CT molecular complexity index is 305. The van der Waals surface area contributed by atoms with Gasteiger partial charge < -0.3 is 0 Å². The maximum Gasteiger partial charge on any atom is 0.133 e. The van der Waals surface area contributed by atoms with Crippen molar-refractivity contribution in [2.75, 3.05) is 0 Å². The topological polar surface area (TPSA) is 17.1 Å². The highest BCUT2D eigenvalue weighted by molar-refractivity contribution is 9.11. The highest BCUT2D eigenvalue weighted by atomic mass is 79.9. The molecule has 1 aromatic heterocycles. The van der Waals surface area contributed by atoms with Gasteiger partial charge in [0.15, 0.2) is 0 Å². The van der Waals surface area contributed by atoms with Gasteiger partial charge in [0.25, 0.3) is 0 Å². The minimum absolute atomic E-state index is 0.421. The minimum Gasteiger partial charge on any atom is -0.300 e. The number of Topliss-reactive ketones (excluding diaryl/α,β-unsaturated/α-hetero) is 1. The second-order valence-electron chi connectivity index (χ2n) is 3.12. The first-order valence-electron chi connectivity index (χ1n) is 4.02. The highest BCUT2D eigenvalue weighted by Crippen LogP contribution is 2.37. The Morgan fingerprint density at radius 1 is 1.50 bits per heavy atom. The first kappa shape index (κ1) is 8.45. The van der Waals surface area contributed by atoms with Crippen molar-refractivity contribution in [3.05, 3.63) is 20.8 Å². The number of carbonyl (C=O) groups is 1. The lowest BCUT2D eigenvalue weighted by Gasteiger charge is -2.02. The van der Waals surface area contributed by atoms with Crippen LogP contribution in [-0.2, 0) is 4.79 Å². The lowest BCUT2D eigenvalue weighted by molar-refractivity contribution is -0.117. The Hall–Kier alpha value is -0.150. The van der Waals surface area contributed by atoms with E-state index in [1.54, 1.807) is 11.3 Å². The van der Waals surface area contributed by atoms with Crippen LogP contribution in [0.25, 0.3) is 0 Å². The molecule has 1 heterocycles. The van der Waals surface area contributed by atoms with Crippen LogP contribution < -0.4 is 0 Å². The van der Waals surface area contributed by atoms with Gasteiger partial charge in [0, 0.05) is 23.6 Å². The van der Waals surface area contributed by atoms with E-state index in [0.29, 0.717) is 11.7 Å². The van der Waals surface area contributed by atoms with Crippen LogP contribution in [0, 0.1) is 0 Å². The average molecular weight is 245 g/mol. The number of thiophene rings is 1. The Kier molecular flexibility index (Phi) is 2.33. The number of halogens is 1. The molecule has 3 heteroatoms. The molecule has 1 fully saturated rings. The molecule has 0 bridgehead atoms. The highest BCUT2D eigenvalue weighted by Gasteiger charge is 2.24. The third-order valence-corrected chi connectivity index (χ3v) is 4.03. The second-order valence-corrected chi connectivity index (χ2v) is 5.61. The van der Waals surface area contributed by atoms with E-state index in [1.165, 1.54) is 4.88 Å². The van der Waals surface area contributed by atoms with Gasteiger partial charge in [-0.15, -0.1) is 11.3 Å². The standard InChI is InChI=1S/C9H9BrOS/c10-9-4-3-8(12-9)6-1-2-7(11)5-6/h3-4,6H,1-2,5H2. The molecule has 64 valence electrons. The normalized spacial score (nSPS) is 23.4. The number of hydrogen-bond acceptors (Lipinski definition) is 2. The number of hydrogen-bond donors (Lipinski definition) is 0. The molecule has 0 spiro atoms. The predicted molar refractivity (Wildman–Crippen MR) is 53.6 cm³/mol. The van der Waals surface area contributed by atoms with E-state index in [4.69, 9.17) is 0 Å². The summed E-state index contributed by atoms with van der Waals surface area (Å²) >= 11 is 5.18. The fourth-order valence-electron chi connectivity index (χ4n) is 1.60. The third kappa shape index (κ3) is 1.62. The number of rotatable bonds is 1. The molecular weight excluding hydrogens is 236 g/mol. The molecule has 1 nitrogen and oxygen atoms in total. The molecule has 0 saturated heterocycles. The zero-order valence-corrected chi connectivity index (χ0v) is 8.95. The summed E-state index contributed by atoms with van der Waals surface area (Å²) in [6, 6.07) is 4.18. The zero-order valence-electron chi connectivity index (χ0n) is 6.55. The molecule has 1 aliphatic carbocycles. The molecular formula is C9H9BrOS. The van der Waals surface area contributed by atoms with Gasteiger partial charge in [0.05, 0.1) is 3.79 Å². The molecule has 2 rings (SSSR count). The van der Waals surface area contributed by atoms with Gasteiger partial charge in [0.1, 0.15) is 5.78 Å². The van der Waals surface area contributed by atoms with Crippen LogP contribution >= 0.6 is 27.3 Å². The second kappa shape index (κ2) is 3.30. The third-order valence-electron chi connectivity index (χ3n) is 2.24. The summed E-state index contributed by atoms with van der Waals surface area (Å²) < 4.78 is 1.16. The first-order chi connectivity index (χ1) is 5.75. The van der Waals surface area contributed by atoms with Gasteiger partial charge in [0.2, 0.25) is 0 Å². The van der Waals surface area contributed by atoms with Crippen molar-refractivity contribution < 1.29 is 4.79 Å². The van der Waals surface area contributed by atoms with Crippen molar-refractivity contribution in [2.45, 2.75) is 25.2 Å². The van der Waals surface area contributed by atoms with Crippen LogP contribution in [0.2, 0.25) is 0 Å². The van der Waals surface area contributed by atoms with Gasteiger partial charge in [-0.1, -0.05) is 0 Å². The molecule has 0 radical (unpaired) electrons.